The highest BCUT2D eigenvalue weighted by atomic mass is 32.2. The summed E-state index contributed by atoms with van der Waals surface area (Å²) < 4.78 is 27.5. The number of carbonyl (C=O) groups excluding carboxylic acids is 2. The third-order valence-corrected chi connectivity index (χ3v) is 7.15. The first-order valence-corrected chi connectivity index (χ1v) is 11.7. The number of hydrogen-bond acceptors (Lipinski definition) is 4. The Hall–Kier alpha value is -2.51. The van der Waals surface area contributed by atoms with E-state index in [1.807, 2.05) is 43.3 Å². The van der Waals surface area contributed by atoms with Gasteiger partial charge in [0.05, 0.1) is 4.90 Å². The van der Waals surface area contributed by atoms with Gasteiger partial charge in [0.15, 0.2) is 5.78 Å². The molecule has 1 saturated heterocycles. The summed E-state index contributed by atoms with van der Waals surface area (Å²) in [5.41, 5.74) is 2.39. The molecule has 0 aliphatic carbocycles. The van der Waals surface area contributed by atoms with Gasteiger partial charge in [-0.15, -0.1) is 0 Å². The molecule has 1 aliphatic rings. The van der Waals surface area contributed by atoms with Crippen LogP contribution >= 0.6 is 0 Å². The fraction of sp³-hybridized carbons (Fsp3) is 0.391. The van der Waals surface area contributed by atoms with Gasteiger partial charge in [-0.25, -0.2) is 13.1 Å². The predicted molar refractivity (Wildman–Crippen MR) is 116 cm³/mol. The molecule has 30 heavy (non-hydrogen) atoms. The number of sulfonamides is 1. The second-order valence-corrected chi connectivity index (χ2v) is 9.54. The standard InChI is InChI=1S/C23H28N2O4S/c1-17-8-9-21(18(2)16-17)30(28,29)24-13-10-22(26)25-14-11-20(12-15-25)23(27)19-6-4-3-5-7-19/h3-9,16,20,24H,10-15H2,1-2H3. The van der Waals surface area contributed by atoms with Crippen LogP contribution in [-0.4, -0.2) is 44.6 Å². The van der Waals surface area contributed by atoms with Gasteiger partial charge in [-0.05, 0) is 38.3 Å². The lowest BCUT2D eigenvalue weighted by atomic mass is 9.89. The van der Waals surface area contributed by atoms with Crippen molar-refractivity contribution in [3.8, 4) is 0 Å². The maximum Gasteiger partial charge on any atom is 0.240 e. The quantitative estimate of drug-likeness (QED) is 0.687. The van der Waals surface area contributed by atoms with E-state index in [9.17, 15) is 18.0 Å². The molecular weight excluding hydrogens is 400 g/mol. The number of nitrogens with one attached hydrogen (secondary N) is 1. The van der Waals surface area contributed by atoms with E-state index in [0.717, 1.165) is 5.56 Å². The maximum atomic E-state index is 12.6. The van der Waals surface area contributed by atoms with Crippen molar-refractivity contribution in [3.05, 3.63) is 65.2 Å². The van der Waals surface area contributed by atoms with Gasteiger partial charge in [-0.3, -0.25) is 9.59 Å². The molecular formula is C23H28N2O4S. The molecule has 1 fully saturated rings. The van der Waals surface area contributed by atoms with Crippen LogP contribution in [0.3, 0.4) is 0 Å². The van der Waals surface area contributed by atoms with E-state index >= 15 is 0 Å². The third-order valence-electron chi connectivity index (χ3n) is 5.53. The average molecular weight is 429 g/mol. The number of nitrogens with zero attached hydrogens (tertiary/aromatic N) is 1. The summed E-state index contributed by atoms with van der Waals surface area (Å²) in [6.07, 6.45) is 1.36. The van der Waals surface area contributed by atoms with Crippen LogP contribution in [0.1, 0.15) is 40.7 Å². The molecule has 2 aromatic rings. The second kappa shape index (κ2) is 9.53. The van der Waals surface area contributed by atoms with Gasteiger partial charge in [0.2, 0.25) is 15.9 Å². The zero-order valence-electron chi connectivity index (χ0n) is 17.4. The van der Waals surface area contributed by atoms with Gasteiger partial charge in [0.25, 0.3) is 0 Å². The minimum Gasteiger partial charge on any atom is -0.343 e. The van der Waals surface area contributed by atoms with Crippen molar-refractivity contribution in [3.63, 3.8) is 0 Å². The highest BCUT2D eigenvalue weighted by Crippen LogP contribution is 2.22. The maximum absolute atomic E-state index is 12.6. The molecule has 3 rings (SSSR count). The third kappa shape index (κ3) is 5.34. The molecule has 0 bridgehead atoms. The van der Waals surface area contributed by atoms with Gasteiger partial charge in [0, 0.05) is 37.5 Å². The highest BCUT2D eigenvalue weighted by Gasteiger charge is 2.28. The largest absolute Gasteiger partial charge is 0.343 e. The van der Waals surface area contributed by atoms with Crippen molar-refractivity contribution in [2.24, 2.45) is 5.92 Å². The van der Waals surface area contributed by atoms with Crippen molar-refractivity contribution >= 4 is 21.7 Å². The zero-order valence-corrected chi connectivity index (χ0v) is 18.2. The number of amides is 1. The van der Waals surface area contributed by atoms with E-state index in [-0.39, 0.29) is 35.5 Å². The summed E-state index contributed by atoms with van der Waals surface area (Å²) in [7, 11) is -3.65. The number of ketones is 1. The lowest BCUT2D eigenvalue weighted by Crippen LogP contribution is -2.41. The van der Waals surface area contributed by atoms with Crippen LogP contribution in [0.25, 0.3) is 0 Å². The van der Waals surface area contributed by atoms with E-state index in [4.69, 9.17) is 0 Å². The number of carbonyl (C=O) groups is 2. The van der Waals surface area contributed by atoms with Crippen molar-refractivity contribution in [1.29, 1.82) is 0 Å². The van der Waals surface area contributed by atoms with E-state index in [1.165, 1.54) is 0 Å². The zero-order chi connectivity index (χ0) is 21.7. The van der Waals surface area contributed by atoms with E-state index in [1.54, 1.807) is 24.0 Å². The first-order valence-electron chi connectivity index (χ1n) is 10.2. The van der Waals surface area contributed by atoms with E-state index in [0.29, 0.717) is 37.1 Å². The first kappa shape index (κ1) is 22.2. The molecule has 160 valence electrons. The molecule has 0 unspecified atom stereocenters. The van der Waals surface area contributed by atoms with Gasteiger partial charge in [-0.2, -0.15) is 0 Å². The smallest absolute Gasteiger partial charge is 0.240 e. The SMILES string of the molecule is Cc1ccc(S(=O)(=O)NCCC(=O)N2CCC(C(=O)c3ccccc3)CC2)c(C)c1. The Kier molecular flexibility index (Phi) is 7.05. The minimum atomic E-state index is -3.65. The number of likely N-dealkylation sites (tertiary alicyclic amines) is 1. The number of hydrogen-bond donors (Lipinski definition) is 1. The predicted octanol–water partition coefficient (Wildman–Crippen LogP) is 3.09. The van der Waals surface area contributed by atoms with E-state index < -0.39 is 10.0 Å². The summed E-state index contributed by atoms with van der Waals surface area (Å²) in [6.45, 7) is 4.76. The molecule has 0 radical (unpaired) electrons. The second-order valence-electron chi connectivity index (χ2n) is 7.80. The molecule has 1 amide bonds. The summed E-state index contributed by atoms with van der Waals surface area (Å²) in [4.78, 5) is 27.0. The van der Waals surface area contributed by atoms with E-state index in [2.05, 4.69) is 4.72 Å². The molecule has 0 aromatic heterocycles. The van der Waals surface area contributed by atoms with Crippen molar-refractivity contribution in [1.82, 2.24) is 9.62 Å². The molecule has 0 saturated carbocycles. The molecule has 7 heteroatoms. The Morgan fingerprint density at radius 3 is 2.33 bits per heavy atom. The summed E-state index contributed by atoms with van der Waals surface area (Å²) in [5, 5.41) is 0. The molecule has 1 aliphatic heterocycles. The molecule has 6 nitrogen and oxygen atoms in total. The topological polar surface area (TPSA) is 83.6 Å². The summed E-state index contributed by atoms with van der Waals surface area (Å²) >= 11 is 0. The van der Waals surface area contributed by atoms with Crippen molar-refractivity contribution in [2.45, 2.75) is 38.0 Å². The van der Waals surface area contributed by atoms with Gasteiger partial charge < -0.3 is 4.90 Å². The fourth-order valence-corrected chi connectivity index (χ4v) is 5.11. The monoisotopic (exact) mass is 428 g/mol. The van der Waals surface area contributed by atoms with Crippen LogP contribution in [0.4, 0.5) is 0 Å². The highest BCUT2D eigenvalue weighted by molar-refractivity contribution is 7.89. The molecule has 1 heterocycles. The Morgan fingerprint density at radius 1 is 1.03 bits per heavy atom. The Bertz CT molecular complexity index is 1010. The van der Waals surface area contributed by atoms with Crippen LogP contribution < -0.4 is 4.72 Å². The van der Waals surface area contributed by atoms with Crippen LogP contribution in [-0.2, 0) is 14.8 Å². The number of Topliss-reactive ketones (excluding diaryl/α,β-unsaturated/α-hetero) is 1. The molecule has 1 N–H and O–H groups in total. The normalized spacial score (nSPS) is 15.2. The van der Waals surface area contributed by atoms with Crippen molar-refractivity contribution in [2.75, 3.05) is 19.6 Å². The lowest BCUT2D eigenvalue weighted by molar-refractivity contribution is -0.132. The van der Waals surface area contributed by atoms with Crippen LogP contribution in [0.15, 0.2) is 53.4 Å². The first-order chi connectivity index (χ1) is 14.3. The van der Waals surface area contributed by atoms with Crippen LogP contribution in [0.2, 0.25) is 0 Å². The minimum absolute atomic E-state index is 0.0529. The Balaban J connectivity index is 1.47. The van der Waals surface area contributed by atoms with Crippen LogP contribution in [0, 0.1) is 19.8 Å². The fourth-order valence-electron chi connectivity index (χ4n) is 3.86. The number of piperidine rings is 1. The Morgan fingerprint density at radius 2 is 1.70 bits per heavy atom. The lowest BCUT2D eigenvalue weighted by Gasteiger charge is -2.31. The summed E-state index contributed by atoms with van der Waals surface area (Å²) in [5.74, 6) is -0.0349. The van der Waals surface area contributed by atoms with Gasteiger partial charge >= 0.3 is 0 Å². The average Bonchev–Trinajstić information content (AvgIpc) is 2.73. The Labute approximate surface area is 178 Å². The van der Waals surface area contributed by atoms with Gasteiger partial charge in [-0.1, -0.05) is 48.0 Å². The number of aryl methyl sites for hydroxylation is 2. The van der Waals surface area contributed by atoms with Gasteiger partial charge in [0.1, 0.15) is 0 Å². The number of benzene rings is 2. The number of rotatable bonds is 7. The molecule has 0 spiro atoms. The summed E-state index contributed by atoms with van der Waals surface area (Å²) in [6, 6.07) is 14.4. The van der Waals surface area contributed by atoms with Crippen LogP contribution in [0.5, 0.6) is 0 Å². The van der Waals surface area contributed by atoms with Crippen molar-refractivity contribution < 1.29 is 18.0 Å². The molecule has 2 aromatic carbocycles. The molecule has 0 atom stereocenters.